The van der Waals surface area contributed by atoms with Crippen molar-refractivity contribution in [3.05, 3.63) is 29.8 Å². The zero-order chi connectivity index (χ0) is 14.6. The summed E-state index contributed by atoms with van der Waals surface area (Å²) in [6.07, 6.45) is 0.893. The minimum atomic E-state index is -3.54. The van der Waals surface area contributed by atoms with Crippen LogP contribution in [0.5, 0.6) is 0 Å². The summed E-state index contributed by atoms with van der Waals surface area (Å²) < 4.78 is 31.9. The normalized spacial score (nSPS) is 19.1. The van der Waals surface area contributed by atoms with E-state index in [9.17, 15) is 8.42 Å². The van der Waals surface area contributed by atoms with Crippen molar-refractivity contribution in [2.45, 2.75) is 18.2 Å². The fraction of sp³-hybridized carbons (Fsp3) is 0.500. The molecule has 108 valence electrons. The van der Waals surface area contributed by atoms with Gasteiger partial charge >= 0.3 is 0 Å². The molecule has 0 radical (unpaired) electrons. The predicted molar refractivity (Wildman–Crippen MR) is 74.5 cm³/mol. The minimum Gasteiger partial charge on any atom is -0.381 e. The summed E-state index contributed by atoms with van der Waals surface area (Å²) in [6, 6.07) is 8.11. The molecule has 1 aromatic rings. The Hall–Kier alpha value is -1.42. The largest absolute Gasteiger partial charge is 0.381 e. The van der Waals surface area contributed by atoms with Crippen LogP contribution in [0.3, 0.4) is 0 Å². The summed E-state index contributed by atoms with van der Waals surface area (Å²) in [6.45, 7) is 4.02. The number of hydrogen-bond acceptors (Lipinski definition) is 4. The van der Waals surface area contributed by atoms with Crippen molar-refractivity contribution in [1.29, 1.82) is 5.26 Å². The highest BCUT2D eigenvalue weighted by Gasteiger charge is 2.27. The Kier molecular flexibility index (Phi) is 4.76. The third-order valence-corrected chi connectivity index (χ3v) is 5.38. The van der Waals surface area contributed by atoms with Crippen LogP contribution in [0.1, 0.15) is 18.9 Å². The summed E-state index contributed by atoms with van der Waals surface area (Å²) in [7, 11) is -3.54. The molecule has 1 saturated heterocycles. The van der Waals surface area contributed by atoms with E-state index in [0.717, 1.165) is 6.42 Å². The molecule has 1 fully saturated rings. The lowest BCUT2D eigenvalue weighted by atomic mass is 10.1. The maximum Gasteiger partial charge on any atom is 0.243 e. The zero-order valence-electron chi connectivity index (χ0n) is 11.4. The fourth-order valence-corrected chi connectivity index (χ4v) is 3.86. The van der Waals surface area contributed by atoms with Crippen molar-refractivity contribution < 1.29 is 13.2 Å². The molecular weight excluding hydrogens is 276 g/mol. The van der Waals surface area contributed by atoms with Gasteiger partial charge in [-0.1, -0.05) is 13.0 Å². The van der Waals surface area contributed by atoms with Gasteiger partial charge in [-0.3, -0.25) is 0 Å². The molecule has 0 N–H and O–H groups in total. The molecule has 0 saturated carbocycles. The smallest absolute Gasteiger partial charge is 0.243 e. The van der Waals surface area contributed by atoms with Crippen LogP contribution >= 0.6 is 0 Å². The van der Waals surface area contributed by atoms with Gasteiger partial charge in [-0.15, -0.1) is 0 Å². The fourth-order valence-electron chi connectivity index (χ4n) is 2.29. The molecule has 6 heteroatoms. The van der Waals surface area contributed by atoms with Crippen LogP contribution < -0.4 is 0 Å². The van der Waals surface area contributed by atoms with Gasteiger partial charge in [0, 0.05) is 19.7 Å². The highest BCUT2D eigenvalue weighted by Crippen LogP contribution is 2.21. The molecule has 0 unspecified atom stereocenters. The molecule has 5 nitrogen and oxygen atoms in total. The summed E-state index contributed by atoms with van der Waals surface area (Å²) in [5.74, 6) is 0.254. The second-order valence-electron chi connectivity index (χ2n) is 4.82. The molecule has 1 heterocycles. The maximum absolute atomic E-state index is 12.6. The number of nitrogens with zero attached hydrogens (tertiary/aromatic N) is 2. The van der Waals surface area contributed by atoms with Gasteiger partial charge in [0.15, 0.2) is 0 Å². The van der Waals surface area contributed by atoms with E-state index in [1.54, 1.807) is 12.1 Å². The lowest BCUT2D eigenvalue weighted by molar-refractivity contribution is 0.181. The Morgan fingerprint density at radius 1 is 1.50 bits per heavy atom. The summed E-state index contributed by atoms with van der Waals surface area (Å²) in [5, 5.41) is 8.88. The average Bonchev–Trinajstić information content (AvgIpc) is 2.97. The van der Waals surface area contributed by atoms with E-state index in [1.165, 1.54) is 16.4 Å². The van der Waals surface area contributed by atoms with Gasteiger partial charge in [-0.05, 0) is 30.5 Å². The lowest BCUT2D eigenvalue weighted by Gasteiger charge is -2.23. The zero-order valence-corrected chi connectivity index (χ0v) is 12.3. The predicted octanol–water partition coefficient (Wildman–Crippen LogP) is 1.61. The monoisotopic (exact) mass is 294 g/mol. The van der Waals surface area contributed by atoms with Crippen LogP contribution in [0.4, 0.5) is 0 Å². The molecule has 1 aromatic carbocycles. The van der Waals surface area contributed by atoms with Crippen LogP contribution in [-0.2, 0) is 14.8 Å². The van der Waals surface area contributed by atoms with Crippen molar-refractivity contribution >= 4 is 10.0 Å². The molecule has 0 amide bonds. The van der Waals surface area contributed by atoms with Crippen LogP contribution in [0.25, 0.3) is 0 Å². The van der Waals surface area contributed by atoms with E-state index in [0.29, 0.717) is 31.9 Å². The SMILES string of the molecule is CCN(C[C@@H]1CCOC1)S(=O)(=O)c1cccc(C#N)c1. The standard InChI is InChI=1S/C14H18N2O3S/c1-2-16(10-13-6-7-19-11-13)20(17,18)14-5-3-4-12(8-14)9-15/h3-5,8,13H,2,6-7,10-11H2,1H3/t13-/m0/s1. The summed E-state index contributed by atoms with van der Waals surface area (Å²) in [4.78, 5) is 0.178. The maximum atomic E-state index is 12.6. The Labute approximate surface area is 119 Å². The first kappa shape index (κ1) is 15.0. The Morgan fingerprint density at radius 3 is 2.90 bits per heavy atom. The first-order chi connectivity index (χ1) is 9.57. The lowest BCUT2D eigenvalue weighted by Crippen LogP contribution is -2.35. The molecule has 20 heavy (non-hydrogen) atoms. The van der Waals surface area contributed by atoms with Crippen molar-refractivity contribution in [1.82, 2.24) is 4.31 Å². The van der Waals surface area contributed by atoms with Gasteiger partial charge < -0.3 is 4.74 Å². The first-order valence-electron chi connectivity index (χ1n) is 6.66. The highest BCUT2D eigenvalue weighted by atomic mass is 32.2. The quantitative estimate of drug-likeness (QED) is 0.827. The van der Waals surface area contributed by atoms with Gasteiger partial charge in [-0.2, -0.15) is 9.57 Å². The van der Waals surface area contributed by atoms with Crippen LogP contribution in [0.15, 0.2) is 29.2 Å². The molecule has 1 aliphatic heterocycles. The number of ether oxygens (including phenoxy) is 1. The summed E-state index contributed by atoms with van der Waals surface area (Å²) >= 11 is 0. The van der Waals surface area contributed by atoms with Gasteiger partial charge in [0.05, 0.1) is 23.1 Å². The van der Waals surface area contributed by atoms with E-state index in [-0.39, 0.29) is 10.8 Å². The van der Waals surface area contributed by atoms with Gasteiger partial charge in [0.2, 0.25) is 10.0 Å². The Balaban J connectivity index is 2.23. The van der Waals surface area contributed by atoms with Crippen molar-refractivity contribution in [2.75, 3.05) is 26.3 Å². The Morgan fingerprint density at radius 2 is 2.30 bits per heavy atom. The molecule has 0 aromatic heterocycles. The second kappa shape index (κ2) is 6.35. The number of benzene rings is 1. The number of hydrogen-bond donors (Lipinski definition) is 0. The molecule has 0 aliphatic carbocycles. The molecule has 2 rings (SSSR count). The van der Waals surface area contributed by atoms with Gasteiger partial charge in [0.1, 0.15) is 0 Å². The second-order valence-corrected chi connectivity index (χ2v) is 6.76. The van der Waals surface area contributed by atoms with E-state index in [2.05, 4.69) is 0 Å². The van der Waals surface area contributed by atoms with Crippen molar-refractivity contribution in [3.63, 3.8) is 0 Å². The molecule has 0 spiro atoms. The van der Waals surface area contributed by atoms with Crippen LogP contribution in [0, 0.1) is 17.2 Å². The molecule has 0 bridgehead atoms. The average molecular weight is 294 g/mol. The van der Waals surface area contributed by atoms with E-state index < -0.39 is 10.0 Å². The first-order valence-corrected chi connectivity index (χ1v) is 8.10. The molecule has 1 atom stereocenters. The topological polar surface area (TPSA) is 70.4 Å². The third-order valence-electron chi connectivity index (χ3n) is 3.44. The third kappa shape index (κ3) is 3.18. The Bertz CT molecular complexity index is 601. The molecular formula is C14H18N2O3S. The van der Waals surface area contributed by atoms with Crippen LogP contribution in [0.2, 0.25) is 0 Å². The van der Waals surface area contributed by atoms with E-state index in [1.807, 2.05) is 13.0 Å². The number of rotatable bonds is 5. The van der Waals surface area contributed by atoms with Crippen LogP contribution in [-0.4, -0.2) is 39.0 Å². The number of sulfonamides is 1. The van der Waals surface area contributed by atoms with E-state index >= 15 is 0 Å². The van der Waals surface area contributed by atoms with Gasteiger partial charge in [0.25, 0.3) is 0 Å². The van der Waals surface area contributed by atoms with Crippen molar-refractivity contribution in [2.24, 2.45) is 5.92 Å². The van der Waals surface area contributed by atoms with E-state index in [4.69, 9.17) is 10.00 Å². The minimum absolute atomic E-state index is 0.178. The van der Waals surface area contributed by atoms with Crippen molar-refractivity contribution in [3.8, 4) is 6.07 Å². The van der Waals surface area contributed by atoms with Gasteiger partial charge in [-0.25, -0.2) is 8.42 Å². The number of nitriles is 1. The highest BCUT2D eigenvalue weighted by molar-refractivity contribution is 7.89. The summed E-state index contributed by atoms with van der Waals surface area (Å²) in [5.41, 5.74) is 0.353. The molecule has 1 aliphatic rings.